The molecule has 1 aromatic carbocycles. The molecule has 2 aromatic rings. The van der Waals surface area contributed by atoms with Crippen LogP contribution in [-0.4, -0.2) is 15.8 Å². The second-order valence-electron chi connectivity index (χ2n) is 3.91. The van der Waals surface area contributed by atoms with Crippen LogP contribution in [0.25, 0.3) is 0 Å². The topological polar surface area (TPSA) is 121 Å². The highest BCUT2D eigenvalue weighted by Crippen LogP contribution is 2.17. The maximum Gasteiger partial charge on any atom is 0.271 e. The third-order valence-electron chi connectivity index (χ3n) is 2.45. The molecule has 0 aliphatic heterocycles. The molecule has 0 saturated carbocycles. The molecule has 0 aliphatic rings. The SMILES string of the molecule is N#C/C(=C/Nc1nccs1)C(=O)Nc1cccc([N+](=O)[O-])c1. The number of hydrogen-bond acceptors (Lipinski definition) is 7. The summed E-state index contributed by atoms with van der Waals surface area (Å²) in [7, 11) is 0. The zero-order chi connectivity index (χ0) is 15.9. The second kappa shape index (κ2) is 6.96. The molecule has 0 saturated heterocycles. The Morgan fingerprint density at radius 2 is 2.32 bits per heavy atom. The molecule has 0 aliphatic carbocycles. The average molecular weight is 315 g/mol. The number of amides is 1. The van der Waals surface area contributed by atoms with Crippen LogP contribution in [0.5, 0.6) is 0 Å². The van der Waals surface area contributed by atoms with Gasteiger partial charge in [-0.05, 0) is 6.07 Å². The zero-order valence-corrected chi connectivity index (χ0v) is 11.8. The van der Waals surface area contributed by atoms with Gasteiger partial charge in [0.1, 0.15) is 11.6 Å². The van der Waals surface area contributed by atoms with Crippen LogP contribution < -0.4 is 10.6 Å². The van der Waals surface area contributed by atoms with Gasteiger partial charge in [-0.2, -0.15) is 5.26 Å². The van der Waals surface area contributed by atoms with Gasteiger partial charge in [0, 0.05) is 35.6 Å². The van der Waals surface area contributed by atoms with Crippen molar-refractivity contribution in [1.82, 2.24) is 4.98 Å². The Kier molecular flexibility index (Phi) is 4.79. The first kappa shape index (κ1) is 15.1. The highest BCUT2D eigenvalue weighted by atomic mass is 32.1. The van der Waals surface area contributed by atoms with Gasteiger partial charge in [0.05, 0.1) is 4.92 Å². The van der Waals surface area contributed by atoms with Gasteiger partial charge in [-0.3, -0.25) is 14.9 Å². The summed E-state index contributed by atoms with van der Waals surface area (Å²) in [5.41, 5.74) is -0.0995. The van der Waals surface area contributed by atoms with Crippen molar-refractivity contribution in [2.75, 3.05) is 10.6 Å². The molecule has 22 heavy (non-hydrogen) atoms. The van der Waals surface area contributed by atoms with E-state index in [1.165, 1.54) is 41.8 Å². The van der Waals surface area contributed by atoms with Crippen LogP contribution in [0.15, 0.2) is 47.6 Å². The van der Waals surface area contributed by atoms with Gasteiger partial charge >= 0.3 is 0 Å². The number of nitrogens with one attached hydrogen (secondary N) is 2. The molecule has 0 unspecified atom stereocenters. The standard InChI is InChI=1S/C13H9N5O3S/c14-7-9(8-16-13-15-4-5-22-13)12(19)17-10-2-1-3-11(6-10)18(20)21/h1-6,8H,(H,15,16)(H,17,19)/b9-8-. The van der Waals surface area contributed by atoms with E-state index in [2.05, 4.69) is 15.6 Å². The molecular formula is C13H9N5O3S. The lowest BCUT2D eigenvalue weighted by molar-refractivity contribution is -0.384. The monoisotopic (exact) mass is 315 g/mol. The lowest BCUT2D eigenvalue weighted by Gasteiger charge is -2.04. The molecule has 1 aromatic heterocycles. The number of nitro benzene ring substituents is 1. The highest BCUT2D eigenvalue weighted by Gasteiger charge is 2.12. The predicted molar refractivity (Wildman–Crippen MR) is 81.2 cm³/mol. The number of anilines is 2. The van der Waals surface area contributed by atoms with E-state index in [1.807, 2.05) is 0 Å². The van der Waals surface area contributed by atoms with E-state index in [4.69, 9.17) is 5.26 Å². The Hall–Kier alpha value is -3.25. The quantitative estimate of drug-likeness (QED) is 0.378. The number of aromatic nitrogens is 1. The maximum atomic E-state index is 12.0. The first-order chi connectivity index (χ1) is 10.6. The summed E-state index contributed by atoms with van der Waals surface area (Å²) in [6, 6.07) is 7.20. The number of nitrogens with zero attached hydrogens (tertiary/aromatic N) is 3. The average Bonchev–Trinajstić information content (AvgIpc) is 3.01. The van der Waals surface area contributed by atoms with Crippen LogP contribution in [0.4, 0.5) is 16.5 Å². The number of carbonyl (C=O) groups is 1. The van der Waals surface area contributed by atoms with Crippen molar-refractivity contribution in [2.45, 2.75) is 0 Å². The molecule has 9 heteroatoms. The van der Waals surface area contributed by atoms with Gasteiger partial charge in [-0.25, -0.2) is 4.98 Å². The fourth-order valence-corrected chi connectivity index (χ4v) is 1.97. The van der Waals surface area contributed by atoms with E-state index in [0.717, 1.165) is 0 Å². The number of nitro groups is 1. The van der Waals surface area contributed by atoms with Crippen molar-refractivity contribution in [3.8, 4) is 6.07 Å². The summed E-state index contributed by atoms with van der Waals surface area (Å²) in [5, 5.41) is 27.1. The van der Waals surface area contributed by atoms with Gasteiger partial charge in [0.25, 0.3) is 11.6 Å². The largest absolute Gasteiger partial charge is 0.337 e. The van der Waals surface area contributed by atoms with Crippen molar-refractivity contribution in [3.63, 3.8) is 0 Å². The molecule has 8 nitrogen and oxygen atoms in total. The molecule has 0 radical (unpaired) electrons. The van der Waals surface area contributed by atoms with E-state index in [1.54, 1.807) is 17.6 Å². The number of thiazole rings is 1. The van der Waals surface area contributed by atoms with Crippen molar-refractivity contribution < 1.29 is 9.72 Å². The molecule has 0 spiro atoms. The third-order valence-corrected chi connectivity index (χ3v) is 3.16. The van der Waals surface area contributed by atoms with Gasteiger partial charge in [0.15, 0.2) is 5.13 Å². The highest BCUT2D eigenvalue weighted by molar-refractivity contribution is 7.13. The number of rotatable bonds is 5. The number of hydrogen-bond donors (Lipinski definition) is 2. The van der Waals surface area contributed by atoms with Crippen molar-refractivity contribution >= 4 is 33.8 Å². The fourth-order valence-electron chi connectivity index (χ4n) is 1.47. The molecule has 1 amide bonds. The number of carbonyl (C=O) groups excluding carboxylic acids is 1. The summed E-state index contributed by atoms with van der Waals surface area (Å²) < 4.78 is 0. The lowest BCUT2D eigenvalue weighted by atomic mass is 10.2. The van der Waals surface area contributed by atoms with Crippen LogP contribution in [0.3, 0.4) is 0 Å². The third kappa shape index (κ3) is 3.87. The van der Waals surface area contributed by atoms with E-state index in [-0.39, 0.29) is 16.9 Å². The Bertz CT molecular complexity index is 764. The number of non-ortho nitro benzene ring substituents is 1. The van der Waals surface area contributed by atoms with Crippen molar-refractivity contribution in [1.29, 1.82) is 5.26 Å². The Balaban J connectivity index is 2.09. The van der Waals surface area contributed by atoms with Crippen molar-refractivity contribution in [3.05, 3.63) is 57.7 Å². The second-order valence-corrected chi connectivity index (χ2v) is 4.81. The number of benzene rings is 1. The molecule has 110 valence electrons. The Labute approximate surface area is 128 Å². The minimum atomic E-state index is -0.674. The van der Waals surface area contributed by atoms with Crippen LogP contribution in [0.1, 0.15) is 0 Å². The van der Waals surface area contributed by atoms with Gasteiger partial charge in [0.2, 0.25) is 0 Å². The van der Waals surface area contributed by atoms with Crippen molar-refractivity contribution in [2.24, 2.45) is 0 Å². The molecule has 0 bridgehead atoms. The molecular weight excluding hydrogens is 306 g/mol. The van der Waals surface area contributed by atoms with E-state index in [0.29, 0.717) is 5.13 Å². The van der Waals surface area contributed by atoms with Gasteiger partial charge < -0.3 is 10.6 Å². The smallest absolute Gasteiger partial charge is 0.271 e. The number of nitriles is 1. The van der Waals surface area contributed by atoms with Crippen LogP contribution in [0.2, 0.25) is 0 Å². The first-order valence-electron chi connectivity index (χ1n) is 5.92. The first-order valence-corrected chi connectivity index (χ1v) is 6.80. The molecule has 0 fully saturated rings. The van der Waals surface area contributed by atoms with Crippen LogP contribution in [-0.2, 0) is 4.79 Å². The minimum absolute atomic E-state index is 0.152. The zero-order valence-electron chi connectivity index (χ0n) is 11.0. The Morgan fingerprint density at radius 1 is 1.50 bits per heavy atom. The molecule has 0 atom stereocenters. The fraction of sp³-hybridized carbons (Fsp3) is 0. The summed E-state index contributed by atoms with van der Waals surface area (Å²) in [4.78, 5) is 26.0. The summed E-state index contributed by atoms with van der Waals surface area (Å²) in [5.74, 6) is -0.674. The summed E-state index contributed by atoms with van der Waals surface area (Å²) in [6.45, 7) is 0. The van der Waals surface area contributed by atoms with Crippen LogP contribution in [0, 0.1) is 21.4 Å². The molecule has 2 N–H and O–H groups in total. The lowest BCUT2D eigenvalue weighted by Crippen LogP contribution is -2.14. The van der Waals surface area contributed by atoms with E-state index < -0.39 is 10.8 Å². The summed E-state index contributed by atoms with van der Waals surface area (Å²) in [6.07, 6.45) is 2.81. The molecule has 2 rings (SSSR count). The Morgan fingerprint density at radius 3 is 2.95 bits per heavy atom. The predicted octanol–water partition coefficient (Wildman–Crippen LogP) is 2.51. The van der Waals surface area contributed by atoms with Gasteiger partial charge in [-0.1, -0.05) is 6.07 Å². The van der Waals surface area contributed by atoms with Crippen LogP contribution >= 0.6 is 11.3 Å². The summed E-state index contributed by atoms with van der Waals surface area (Å²) >= 11 is 1.31. The van der Waals surface area contributed by atoms with E-state index in [9.17, 15) is 14.9 Å². The molecule has 1 heterocycles. The maximum absolute atomic E-state index is 12.0. The van der Waals surface area contributed by atoms with E-state index >= 15 is 0 Å². The normalized spacial score (nSPS) is 10.6. The minimum Gasteiger partial charge on any atom is -0.337 e. The van der Waals surface area contributed by atoms with Gasteiger partial charge in [-0.15, -0.1) is 11.3 Å².